The number of nitrogens with two attached hydrogens (primary N) is 1. The van der Waals surface area contributed by atoms with E-state index in [9.17, 15) is 0 Å². The van der Waals surface area contributed by atoms with E-state index in [1.165, 1.54) is 0 Å². The molecule has 0 aliphatic carbocycles. The number of nitrogens with one attached hydrogen (secondary N) is 1. The van der Waals surface area contributed by atoms with Crippen molar-refractivity contribution in [1.82, 2.24) is 4.98 Å². The highest BCUT2D eigenvalue weighted by Gasteiger charge is 2.03. The molecule has 2 nitrogen and oxygen atoms in total. The van der Waals surface area contributed by atoms with Crippen LogP contribution in [0.25, 0.3) is 11.3 Å². The van der Waals surface area contributed by atoms with E-state index in [0.29, 0.717) is 10.7 Å². The van der Waals surface area contributed by atoms with E-state index in [1.807, 2.05) is 24.4 Å². The number of benzene rings is 1. The fourth-order valence-corrected chi connectivity index (χ4v) is 1.47. The zero-order valence-corrected chi connectivity index (χ0v) is 7.68. The van der Waals surface area contributed by atoms with Crippen molar-refractivity contribution in [3.8, 4) is 11.3 Å². The van der Waals surface area contributed by atoms with Gasteiger partial charge in [-0.05, 0) is 30.3 Å². The number of hydrogen-bond acceptors (Lipinski definition) is 1. The first-order chi connectivity index (χ1) is 6.27. The van der Waals surface area contributed by atoms with Crippen molar-refractivity contribution in [1.29, 1.82) is 0 Å². The monoisotopic (exact) mass is 192 g/mol. The van der Waals surface area contributed by atoms with Gasteiger partial charge < -0.3 is 10.7 Å². The van der Waals surface area contributed by atoms with Crippen LogP contribution < -0.4 is 5.73 Å². The Morgan fingerprint density at radius 1 is 1.23 bits per heavy atom. The molecule has 0 saturated heterocycles. The lowest BCUT2D eigenvalue weighted by molar-refractivity contribution is 1.40. The summed E-state index contributed by atoms with van der Waals surface area (Å²) in [6.45, 7) is 0. The largest absolute Gasteiger partial charge is 0.399 e. The van der Waals surface area contributed by atoms with Crippen LogP contribution in [0.2, 0.25) is 5.02 Å². The number of rotatable bonds is 1. The highest BCUT2D eigenvalue weighted by atomic mass is 35.5. The summed E-state index contributed by atoms with van der Waals surface area (Å²) in [6, 6.07) is 9.32. The van der Waals surface area contributed by atoms with Gasteiger partial charge in [0.05, 0.1) is 5.02 Å². The standard InChI is InChI=1S/C10H9ClN2/c11-9-4-3-7(12)6-8(9)10-2-1-5-13-10/h1-6,13H,12H2. The predicted octanol–water partition coefficient (Wildman–Crippen LogP) is 2.92. The quantitative estimate of drug-likeness (QED) is 0.671. The molecule has 0 aliphatic heterocycles. The maximum atomic E-state index is 6.01. The molecular formula is C10H9ClN2. The molecule has 0 aliphatic rings. The Morgan fingerprint density at radius 2 is 2.08 bits per heavy atom. The molecule has 1 aromatic heterocycles. The van der Waals surface area contributed by atoms with Crippen molar-refractivity contribution in [2.45, 2.75) is 0 Å². The first-order valence-electron chi connectivity index (χ1n) is 3.96. The zero-order chi connectivity index (χ0) is 9.26. The summed E-state index contributed by atoms with van der Waals surface area (Å²) in [7, 11) is 0. The minimum Gasteiger partial charge on any atom is -0.399 e. The molecule has 0 amide bonds. The van der Waals surface area contributed by atoms with Gasteiger partial charge in [0.25, 0.3) is 0 Å². The predicted molar refractivity (Wildman–Crippen MR) is 55.7 cm³/mol. The van der Waals surface area contributed by atoms with Crippen molar-refractivity contribution in [2.75, 3.05) is 5.73 Å². The van der Waals surface area contributed by atoms with E-state index >= 15 is 0 Å². The fraction of sp³-hybridized carbons (Fsp3) is 0. The van der Waals surface area contributed by atoms with Crippen LogP contribution in [0.1, 0.15) is 0 Å². The summed E-state index contributed by atoms with van der Waals surface area (Å²) in [5.41, 5.74) is 8.30. The van der Waals surface area contributed by atoms with Crippen LogP contribution in [-0.4, -0.2) is 4.98 Å². The normalized spacial score (nSPS) is 10.2. The van der Waals surface area contributed by atoms with Crippen LogP contribution in [0.5, 0.6) is 0 Å². The van der Waals surface area contributed by atoms with Gasteiger partial charge in [-0.3, -0.25) is 0 Å². The van der Waals surface area contributed by atoms with Gasteiger partial charge in [0.2, 0.25) is 0 Å². The number of aromatic amines is 1. The Hall–Kier alpha value is -1.41. The molecule has 2 rings (SSSR count). The SMILES string of the molecule is Nc1ccc(Cl)c(-c2ccc[nH]2)c1. The Labute approximate surface area is 81.3 Å². The van der Waals surface area contributed by atoms with Crippen LogP contribution in [0.4, 0.5) is 5.69 Å². The second kappa shape index (κ2) is 3.15. The summed E-state index contributed by atoms with van der Waals surface area (Å²) in [4.78, 5) is 3.08. The lowest BCUT2D eigenvalue weighted by Crippen LogP contribution is -1.86. The van der Waals surface area contributed by atoms with Gasteiger partial charge in [0.1, 0.15) is 0 Å². The molecule has 0 spiro atoms. The lowest BCUT2D eigenvalue weighted by Gasteiger charge is -2.02. The third-order valence-corrected chi connectivity index (χ3v) is 2.21. The molecule has 0 radical (unpaired) electrons. The first-order valence-corrected chi connectivity index (χ1v) is 4.34. The Morgan fingerprint density at radius 3 is 2.77 bits per heavy atom. The number of halogens is 1. The summed E-state index contributed by atoms with van der Waals surface area (Å²) in [6.07, 6.45) is 1.86. The second-order valence-electron chi connectivity index (χ2n) is 2.82. The summed E-state index contributed by atoms with van der Waals surface area (Å²) >= 11 is 6.01. The number of anilines is 1. The van der Waals surface area contributed by atoms with Crippen molar-refractivity contribution in [3.63, 3.8) is 0 Å². The van der Waals surface area contributed by atoms with Gasteiger partial charge in [-0.15, -0.1) is 0 Å². The van der Waals surface area contributed by atoms with Crippen molar-refractivity contribution < 1.29 is 0 Å². The number of nitrogen functional groups attached to an aromatic ring is 1. The summed E-state index contributed by atoms with van der Waals surface area (Å²) in [5, 5.41) is 0.705. The number of H-pyrrole nitrogens is 1. The van der Waals surface area contributed by atoms with E-state index < -0.39 is 0 Å². The maximum absolute atomic E-state index is 6.01. The molecule has 1 aromatic carbocycles. The zero-order valence-electron chi connectivity index (χ0n) is 6.92. The Balaban J connectivity index is 2.57. The van der Waals surface area contributed by atoms with E-state index in [4.69, 9.17) is 17.3 Å². The van der Waals surface area contributed by atoms with Crippen LogP contribution in [-0.2, 0) is 0 Å². The summed E-state index contributed by atoms with van der Waals surface area (Å²) in [5.74, 6) is 0. The highest BCUT2D eigenvalue weighted by Crippen LogP contribution is 2.28. The van der Waals surface area contributed by atoms with Gasteiger partial charge in [-0.25, -0.2) is 0 Å². The molecule has 13 heavy (non-hydrogen) atoms. The van der Waals surface area contributed by atoms with Crippen LogP contribution in [0, 0.1) is 0 Å². The van der Waals surface area contributed by atoms with Gasteiger partial charge >= 0.3 is 0 Å². The van der Waals surface area contributed by atoms with Crippen LogP contribution in [0.15, 0.2) is 36.5 Å². The Bertz CT molecular complexity index is 407. The molecule has 0 bridgehead atoms. The first kappa shape index (κ1) is 8.20. The van der Waals surface area contributed by atoms with E-state index in [-0.39, 0.29) is 0 Å². The third kappa shape index (κ3) is 1.53. The lowest BCUT2D eigenvalue weighted by atomic mass is 10.1. The highest BCUT2D eigenvalue weighted by molar-refractivity contribution is 6.33. The summed E-state index contributed by atoms with van der Waals surface area (Å²) < 4.78 is 0. The average molecular weight is 193 g/mol. The second-order valence-corrected chi connectivity index (χ2v) is 3.23. The molecular weight excluding hydrogens is 184 g/mol. The number of aromatic nitrogens is 1. The van der Waals surface area contributed by atoms with Gasteiger partial charge in [-0.1, -0.05) is 11.6 Å². The molecule has 0 fully saturated rings. The number of hydrogen-bond donors (Lipinski definition) is 2. The molecule has 0 saturated carbocycles. The van der Waals surface area contributed by atoms with Crippen LogP contribution in [0.3, 0.4) is 0 Å². The van der Waals surface area contributed by atoms with Crippen molar-refractivity contribution in [3.05, 3.63) is 41.6 Å². The Kier molecular flexibility index (Phi) is 1.99. The van der Waals surface area contributed by atoms with E-state index in [1.54, 1.807) is 12.1 Å². The maximum Gasteiger partial charge on any atom is 0.0500 e. The molecule has 2 aromatic rings. The third-order valence-electron chi connectivity index (χ3n) is 1.88. The minimum absolute atomic E-state index is 0.705. The van der Waals surface area contributed by atoms with Gasteiger partial charge in [0.15, 0.2) is 0 Å². The fourth-order valence-electron chi connectivity index (χ4n) is 1.25. The molecule has 0 unspecified atom stereocenters. The van der Waals surface area contributed by atoms with Crippen LogP contribution >= 0.6 is 11.6 Å². The van der Waals surface area contributed by atoms with Crippen molar-refractivity contribution in [2.24, 2.45) is 0 Å². The molecule has 3 N–H and O–H groups in total. The molecule has 1 heterocycles. The molecule has 66 valence electrons. The van der Waals surface area contributed by atoms with Gasteiger partial charge in [-0.2, -0.15) is 0 Å². The smallest absolute Gasteiger partial charge is 0.0500 e. The average Bonchev–Trinajstić information content (AvgIpc) is 2.61. The van der Waals surface area contributed by atoms with Gasteiger partial charge in [0, 0.05) is 23.1 Å². The minimum atomic E-state index is 0.705. The molecule has 0 atom stereocenters. The van der Waals surface area contributed by atoms with E-state index in [2.05, 4.69) is 4.98 Å². The molecule has 3 heteroatoms. The van der Waals surface area contributed by atoms with E-state index in [0.717, 1.165) is 11.3 Å². The van der Waals surface area contributed by atoms with Crippen molar-refractivity contribution >= 4 is 17.3 Å². The topological polar surface area (TPSA) is 41.8 Å².